The molecule has 0 amide bonds. The van der Waals surface area contributed by atoms with Gasteiger partial charge in [0.25, 0.3) is 0 Å². The Morgan fingerprint density at radius 3 is 1.81 bits per heavy atom. The molecule has 0 unspecified atom stereocenters. The van der Waals surface area contributed by atoms with Crippen LogP contribution in [0.15, 0.2) is 128 Å². The van der Waals surface area contributed by atoms with E-state index in [0.717, 1.165) is 28.9 Å². The Bertz CT molecular complexity index is 1870. The molecule has 42 heavy (non-hydrogen) atoms. The van der Waals surface area contributed by atoms with Crippen LogP contribution < -0.4 is 0 Å². The molecule has 2 heterocycles. The average Bonchev–Trinajstić information content (AvgIpc) is 3.06. The zero-order valence-electron chi connectivity index (χ0n) is 24.1. The van der Waals surface area contributed by atoms with Gasteiger partial charge in [0.2, 0.25) is 0 Å². The van der Waals surface area contributed by atoms with E-state index in [1.165, 1.54) is 37.9 Å². The molecule has 3 heteroatoms. The van der Waals surface area contributed by atoms with Crippen LogP contribution >= 0.6 is 0 Å². The molecule has 0 atom stereocenters. The third kappa shape index (κ3) is 5.90. The standard InChI is InChI=1S/C28H24N.C11H8N.Ir/c1-4-28(2,3)20-15-16-29-27(18-20)19-13-14-25-23-11-6-5-9-21(23)22-10-7-8-12-24(22)26(25)17-19;1-2-6-10(7-3-1)11-8-4-5-9-12-11;/h5-12,14-18H,4H2,1-3H3;1-6,8-9H;/q2*-1;. The Balaban J connectivity index is 0.000000228. The van der Waals surface area contributed by atoms with Crippen LogP contribution in [0, 0.1) is 12.1 Å². The minimum Gasteiger partial charge on any atom is -0.305 e. The Labute approximate surface area is 261 Å². The van der Waals surface area contributed by atoms with Gasteiger partial charge < -0.3 is 9.97 Å². The molecule has 209 valence electrons. The van der Waals surface area contributed by atoms with Crippen LogP contribution in [0.4, 0.5) is 0 Å². The molecule has 2 nitrogen and oxygen atoms in total. The van der Waals surface area contributed by atoms with Gasteiger partial charge in [0, 0.05) is 32.5 Å². The molecule has 1 radical (unpaired) electrons. The third-order valence-corrected chi connectivity index (χ3v) is 8.03. The molecule has 5 aromatic carbocycles. The summed E-state index contributed by atoms with van der Waals surface area (Å²) in [5.41, 5.74) is 5.50. The van der Waals surface area contributed by atoms with Gasteiger partial charge in [-0.15, -0.1) is 59.7 Å². The predicted octanol–water partition coefficient (Wildman–Crippen LogP) is 10.2. The van der Waals surface area contributed by atoms with E-state index in [1.807, 2.05) is 48.7 Å². The summed E-state index contributed by atoms with van der Waals surface area (Å²) >= 11 is 0. The summed E-state index contributed by atoms with van der Waals surface area (Å²) < 4.78 is 0. The van der Waals surface area contributed by atoms with E-state index in [-0.39, 0.29) is 25.5 Å². The van der Waals surface area contributed by atoms with Gasteiger partial charge >= 0.3 is 0 Å². The Morgan fingerprint density at radius 2 is 1.19 bits per heavy atom. The van der Waals surface area contributed by atoms with Crippen molar-refractivity contribution >= 4 is 32.3 Å². The Morgan fingerprint density at radius 1 is 0.571 bits per heavy atom. The van der Waals surface area contributed by atoms with E-state index in [4.69, 9.17) is 0 Å². The molecule has 0 aliphatic heterocycles. The van der Waals surface area contributed by atoms with Gasteiger partial charge in [0.05, 0.1) is 0 Å². The summed E-state index contributed by atoms with van der Waals surface area (Å²) in [5, 5.41) is 7.64. The van der Waals surface area contributed by atoms with Crippen LogP contribution in [0.5, 0.6) is 0 Å². The molecule has 0 N–H and O–H groups in total. The Kier molecular flexibility index (Phi) is 8.92. The summed E-state index contributed by atoms with van der Waals surface area (Å²) in [4.78, 5) is 8.89. The van der Waals surface area contributed by atoms with E-state index < -0.39 is 0 Å². The van der Waals surface area contributed by atoms with Crippen LogP contribution in [0.3, 0.4) is 0 Å². The molecule has 0 aliphatic carbocycles. The first-order chi connectivity index (χ1) is 20.0. The van der Waals surface area contributed by atoms with Gasteiger partial charge in [-0.3, -0.25) is 0 Å². The normalized spacial score (nSPS) is 11.1. The number of pyridine rings is 2. The molecule has 0 saturated carbocycles. The fourth-order valence-electron chi connectivity index (χ4n) is 5.27. The number of benzene rings is 5. The molecular formula is C39H32IrN2-2. The summed E-state index contributed by atoms with van der Waals surface area (Å²) in [7, 11) is 0. The second kappa shape index (κ2) is 12.8. The van der Waals surface area contributed by atoms with E-state index in [0.29, 0.717) is 0 Å². The number of hydrogen-bond donors (Lipinski definition) is 0. The molecule has 0 saturated heterocycles. The maximum absolute atomic E-state index is 4.68. The van der Waals surface area contributed by atoms with Gasteiger partial charge in [-0.05, 0) is 57.1 Å². The van der Waals surface area contributed by atoms with E-state index in [1.54, 1.807) is 6.20 Å². The molecule has 0 fully saturated rings. The van der Waals surface area contributed by atoms with Crippen molar-refractivity contribution in [3.63, 3.8) is 0 Å². The fourth-order valence-corrected chi connectivity index (χ4v) is 5.27. The number of rotatable bonds is 4. The topological polar surface area (TPSA) is 25.8 Å². The van der Waals surface area contributed by atoms with Crippen LogP contribution in [0.1, 0.15) is 32.8 Å². The van der Waals surface area contributed by atoms with Crippen LogP contribution in [-0.2, 0) is 25.5 Å². The van der Waals surface area contributed by atoms with Crippen LogP contribution in [0.2, 0.25) is 0 Å². The third-order valence-electron chi connectivity index (χ3n) is 8.03. The van der Waals surface area contributed by atoms with Crippen molar-refractivity contribution in [3.8, 4) is 22.5 Å². The number of aromatic nitrogens is 2. The summed E-state index contributed by atoms with van der Waals surface area (Å²) in [5.74, 6) is 0. The van der Waals surface area contributed by atoms with Gasteiger partial charge in [0.1, 0.15) is 0 Å². The summed E-state index contributed by atoms with van der Waals surface area (Å²) in [6.07, 6.45) is 4.81. The van der Waals surface area contributed by atoms with Crippen molar-refractivity contribution in [2.75, 3.05) is 0 Å². The van der Waals surface area contributed by atoms with Gasteiger partial charge in [-0.1, -0.05) is 104 Å². The first-order valence-electron chi connectivity index (χ1n) is 14.1. The van der Waals surface area contributed by atoms with Crippen molar-refractivity contribution in [3.05, 3.63) is 145 Å². The molecule has 7 rings (SSSR count). The van der Waals surface area contributed by atoms with Gasteiger partial charge in [-0.25, -0.2) is 0 Å². The van der Waals surface area contributed by atoms with Crippen molar-refractivity contribution in [2.24, 2.45) is 0 Å². The first-order valence-corrected chi connectivity index (χ1v) is 14.1. The van der Waals surface area contributed by atoms with E-state index in [9.17, 15) is 0 Å². The second-order valence-corrected chi connectivity index (χ2v) is 10.9. The second-order valence-electron chi connectivity index (χ2n) is 10.9. The minimum absolute atomic E-state index is 0. The monoisotopic (exact) mass is 721 g/mol. The number of fused-ring (bicyclic) bond motifs is 6. The van der Waals surface area contributed by atoms with Crippen molar-refractivity contribution in [2.45, 2.75) is 32.6 Å². The minimum atomic E-state index is 0. The predicted molar refractivity (Wildman–Crippen MR) is 173 cm³/mol. The average molecular weight is 721 g/mol. The van der Waals surface area contributed by atoms with Crippen molar-refractivity contribution < 1.29 is 20.1 Å². The quantitative estimate of drug-likeness (QED) is 0.134. The molecule has 0 bridgehead atoms. The van der Waals surface area contributed by atoms with Gasteiger partial charge in [0.15, 0.2) is 0 Å². The number of nitrogens with zero attached hydrogens (tertiary/aromatic N) is 2. The smallest absolute Gasteiger partial charge is 0.0163 e. The Hall–Kier alpha value is -4.17. The zero-order chi connectivity index (χ0) is 28.2. The van der Waals surface area contributed by atoms with Crippen molar-refractivity contribution in [1.82, 2.24) is 9.97 Å². The number of hydrogen-bond acceptors (Lipinski definition) is 2. The van der Waals surface area contributed by atoms with Crippen LogP contribution in [-0.4, -0.2) is 9.97 Å². The van der Waals surface area contributed by atoms with E-state index in [2.05, 4.69) is 116 Å². The zero-order valence-corrected chi connectivity index (χ0v) is 26.5. The molecule has 2 aromatic heterocycles. The molecule has 7 aromatic rings. The maximum atomic E-state index is 4.68. The van der Waals surface area contributed by atoms with E-state index >= 15 is 0 Å². The molecule has 0 aliphatic rings. The van der Waals surface area contributed by atoms with Crippen LogP contribution in [0.25, 0.3) is 54.8 Å². The SMILES string of the molecule is CCC(C)(C)c1ccnc(-c2[c-]cc3c4ccccc4c4ccccc4c3c2)c1.[Ir].[c-]1ccccc1-c1ccccn1. The maximum Gasteiger partial charge on any atom is 0.0163 e. The largest absolute Gasteiger partial charge is 0.305 e. The summed E-state index contributed by atoms with van der Waals surface area (Å²) in [6.45, 7) is 6.81. The first kappa shape index (κ1) is 29.3. The van der Waals surface area contributed by atoms with Crippen molar-refractivity contribution in [1.29, 1.82) is 0 Å². The fraction of sp³-hybridized carbons (Fsp3) is 0.128. The molecule has 0 spiro atoms. The van der Waals surface area contributed by atoms with Gasteiger partial charge in [-0.2, -0.15) is 0 Å². The summed E-state index contributed by atoms with van der Waals surface area (Å²) in [6, 6.07) is 46.4. The molecular weight excluding hydrogens is 689 g/mol.